The van der Waals surface area contributed by atoms with E-state index in [9.17, 15) is 9.18 Å². The summed E-state index contributed by atoms with van der Waals surface area (Å²) in [5.41, 5.74) is 5.82. The number of nitrogens with two attached hydrogens (primary N) is 1. The summed E-state index contributed by atoms with van der Waals surface area (Å²) >= 11 is 5.14. The zero-order chi connectivity index (χ0) is 16.0. The molecule has 0 bridgehead atoms. The third-order valence-electron chi connectivity index (χ3n) is 3.72. The first-order valence-electron chi connectivity index (χ1n) is 7.25. The van der Waals surface area contributed by atoms with Gasteiger partial charge in [-0.2, -0.15) is 0 Å². The van der Waals surface area contributed by atoms with Crippen molar-refractivity contribution in [2.45, 2.75) is 46.5 Å². The Morgan fingerprint density at radius 2 is 1.90 bits per heavy atom. The van der Waals surface area contributed by atoms with Crippen LogP contribution in [0.25, 0.3) is 0 Å². The van der Waals surface area contributed by atoms with E-state index in [1.807, 2.05) is 13.8 Å². The highest BCUT2D eigenvalue weighted by molar-refractivity contribution is 7.80. The molecule has 21 heavy (non-hydrogen) atoms. The number of anilines is 1. The molecule has 0 atom stereocenters. The van der Waals surface area contributed by atoms with Crippen molar-refractivity contribution in [3.8, 4) is 0 Å². The van der Waals surface area contributed by atoms with E-state index in [-0.39, 0.29) is 16.6 Å². The number of hydrogen-bond donors (Lipinski definition) is 2. The zero-order valence-corrected chi connectivity index (χ0v) is 13.6. The molecule has 1 aromatic rings. The van der Waals surface area contributed by atoms with Gasteiger partial charge in [-0.3, -0.25) is 4.79 Å². The molecule has 5 heteroatoms. The Kier molecular flexibility index (Phi) is 6.27. The van der Waals surface area contributed by atoms with Crippen molar-refractivity contribution in [1.82, 2.24) is 0 Å². The van der Waals surface area contributed by atoms with Crippen LogP contribution in [0.15, 0.2) is 18.2 Å². The number of hydrogen-bond acceptors (Lipinski definition) is 2. The molecule has 0 unspecified atom stereocenters. The van der Waals surface area contributed by atoms with E-state index in [2.05, 4.69) is 5.32 Å². The quantitative estimate of drug-likeness (QED) is 0.750. The highest BCUT2D eigenvalue weighted by Crippen LogP contribution is 2.33. The van der Waals surface area contributed by atoms with Crippen LogP contribution >= 0.6 is 12.2 Å². The van der Waals surface area contributed by atoms with Crippen LogP contribution in [0.1, 0.15) is 45.1 Å². The fourth-order valence-corrected chi connectivity index (χ4v) is 2.88. The lowest BCUT2D eigenvalue weighted by molar-refractivity contribution is -0.122. The Balaban J connectivity index is 3.14. The molecule has 0 radical (unpaired) electrons. The minimum absolute atomic E-state index is 0.178. The van der Waals surface area contributed by atoms with Crippen LogP contribution < -0.4 is 11.1 Å². The molecule has 0 aliphatic carbocycles. The molecule has 0 heterocycles. The second kappa shape index (κ2) is 7.50. The van der Waals surface area contributed by atoms with Crippen molar-refractivity contribution >= 4 is 28.8 Å². The SMILES string of the molecule is CCCC(CCC)(C(=O)Nc1c(C)cccc1F)C(N)=S. The molecular weight excluding hydrogens is 287 g/mol. The molecule has 0 aliphatic rings. The number of aryl methyl sites for hydroxylation is 1. The van der Waals surface area contributed by atoms with E-state index in [1.54, 1.807) is 19.1 Å². The van der Waals surface area contributed by atoms with Crippen LogP contribution in [0, 0.1) is 18.2 Å². The molecule has 3 nitrogen and oxygen atoms in total. The minimum atomic E-state index is -0.909. The average molecular weight is 310 g/mol. The number of carbonyl (C=O) groups is 1. The molecule has 0 fully saturated rings. The molecule has 1 aromatic carbocycles. The molecule has 3 N–H and O–H groups in total. The molecule has 1 amide bonds. The summed E-state index contributed by atoms with van der Waals surface area (Å²) in [5.74, 6) is -0.764. The van der Waals surface area contributed by atoms with Crippen molar-refractivity contribution in [3.63, 3.8) is 0 Å². The van der Waals surface area contributed by atoms with E-state index in [4.69, 9.17) is 18.0 Å². The smallest absolute Gasteiger partial charge is 0.237 e. The van der Waals surface area contributed by atoms with Gasteiger partial charge >= 0.3 is 0 Å². The standard InChI is InChI=1S/C16H23FN2OS/c1-4-9-16(10-5-2,14(18)21)15(20)19-13-11(3)7-6-8-12(13)17/h6-8H,4-5,9-10H2,1-3H3,(H2,18,21)(H,19,20). The van der Waals surface area contributed by atoms with Crippen LogP contribution in [-0.2, 0) is 4.79 Å². The van der Waals surface area contributed by atoms with Crippen molar-refractivity contribution in [2.75, 3.05) is 5.32 Å². The number of rotatable bonds is 7. The summed E-state index contributed by atoms with van der Waals surface area (Å²) in [6.07, 6.45) is 2.69. The summed E-state index contributed by atoms with van der Waals surface area (Å²) in [4.78, 5) is 12.9. The van der Waals surface area contributed by atoms with E-state index in [0.717, 1.165) is 12.8 Å². The normalized spacial score (nSPS) is 11.2. The van der Waals surface area contributed by atoms with Crippen LogP contribution in [0.4, 0.5) is 10.1 Å². The molecule has 116 valence electrons. The lowest BCUT2D eigenvalue weighted by Gasteiger charge is -2.31. The van der Waals surface area contributed by atoms with Gasteiger partial charge in [-0.15, -0.1) is 0 Å². The number of benzene rings is 1. The molecule has 1 rings (SSSR count). The van der Waals surface area contributed by atoms with E-state index in [1.165, 1.54) is 6.07 Å². The Morgan fingerprint density at radius 1 is 1.33 bits per heavy atom. The highest BCUT2D eigenvalue weighted by Gasteiger charge is 2.40. The molecule has 0 spiro atoms. The minimum Gasteiger partial charge on any atom is -0.392 e. The first kappa shape index (κ1) is 17.6. The van der Waals surface area contributed by atoms with Crippen LogP contribution in [-0.4, -0.2) is 10.9 Å². The molecule has 0 aliphatic heterocycles. The Bertz CT molecular complexity index is 505. The van der Waals surface area contributed by atoms with Gasteiger partial charge in [0.25, 0.3) is 0 Å². The predicted octanol–water partition coefficient (Wildman–Crippen LogP) is 3.95. The summed E-state index contributed by atoms with van der Waals surface area (Å²) < 4.78 is 13.9. The predicted molar refractivity (Wildman–Crippen MR) is 88.8 cm³/mol. The number of amides is 1. The molecule has 0 aromatic heterocycles. The van der Waals surface area contributed by atoms with Gasteiger partial charge in [0.15, 0.2) is 0 Å². The maximum Gasteiger partial charge on any atom is 0.237 e. The number of halogens is 1. The van der Waals surface area contributed by atoms with Gasteiger partial charge in [0, 0.05) is 0 Å². The largest absolute Gasteiger partial charge is 0.392 e. The lowest BCUT2D eigenvalue weighted by Crippen LogP contribution is -2.46. The topological polar surface area (TPSA) is 55.1 Å². The van der Waals surface area contributed by atoms with Gasteiger partial charge < -0.3 is 11.1 Å². The molecule has 0 saturated carbocycles. The van der Waals surface area contributed by atoms with Crippen LogP contribution in [0.5, 0.6) is 0 Å². The fourth-order valence-electron chi connectivity index (χ4n) is 2.59. The third kappa shape index (κ3) is 3.79. The number of nitrogens with one attached hydrogen (secondary N) is 1. The lowest BCUT2D eigenvalue weighted by atomic mass is 9.78. The van der Waals surface area contributed by atoms with Gasteiger partial charge in [0.2, 0.25) is 5.91 Å². The third-order valence-corrected chi connectivity index (χ3v) is 4.11. The monoisotopic (exact) mass is 310 g/mol. The summed E-state index contributed by atoms with van der Waals surface area (Å²) in [6.45, 7) is 5.70. The Hall–Kier alpha value is -1.49. The van der Waals surface area contributed by atoms with Gasteiger partial charge in [-0.1, -0.05) is 51.0 Å². The first-order valence-corrected chi connectivity index (χ1v) is 7.66. The van der Waals surface area contributed by atoms with Gasteiger partial charge in [0.05, 0.1) is 16.1 Å². The Labute approximate surface area is 131 Å². The van der Waals surface area contributed by atoms with Crippen molar-refractivity contribution in [1.29, 1.82) is 0 Å². The number of carbonyl (C=O) groups excluding carboxylic acids is 1. The second-order valence-corrected chi connectivity index (χ2v) is 5.77. The molecular formula is C16H23FN2OS. The summed E-state index contributed by atoms with van der Waals surface area (Å²) in [6, 6.07) is 4.69. The maximum atomic E-state index is 13.9. The summed E-state index contributed by atoms with van der Waals surface area (Å²) in [7, 11) is 0. The maximum absolute atomic E-state index is 13.9. The Morgan fingerprint density at radius 3 is 2.33 bits per heavy atom. The van der Waals surface area contributed by atoms with Crippen molar-refractivity contribution in [3.05, 3.63) is 29.6 Å². The number of thiocarbonyl (C=S) groups is 1. The number of para-hydroxylation sites is 1. The molecule has 0 saturated heterocycles. The van der Waals surface area contributed by atoms with Crippen LogP contribution in [0.2, 0.25) is 0 Å². The van der Waals surface area contributed by atoms with Gasteiger partial charge in [0.1, 0.15) is 5.82 Å². The van der Waals surface area contributed by atoms with Gasteiger partial charge in [-0.05, 0) is 31.4 Å². The van der Waals surface area contributed by atoms with Crippen molar-refractivity contribution < 1.29 is 9.18 Å². The van der Waals surface area contributed by atoms with Gasteiger partial charge in [-0.25, -0.2) is 4.39 Å². The first-order chi connectivity index (χ1) is 9.89. The fraction of sp³-hybridized carbons (Fsp3) is 0.500. The highest BCUT2D eigenvalue weighted by atomic mass is 32.1. The second-order valence-electron chi connectivity index (χ2n) is 5.33. The summed E-state index contributed by atoms with van der Waals surface area (Å²) in [5, 5.41) is 2.69. The van der Waals surface area contributed by atoms with E-state index in [0.29, 0.717) is 18.4 Å². The average Bonchev–Trinajstić information content (AvgIpc) is 2.42. The van der Waals surface area contributed by atoms with Crippen molar-refractivity contribution in [2.24, 2.45) is 11.1 Å². The van der Waals surface area contributed by atoms with E-state index < -0.39 is 11.2 Å². The van der Waals surface area contributed by atoms with Crippen LogP contribution in [0.3, 0.4) is 0 Å². The van der Waals surface area contributed by atoms with E-state index >= 15 is 0 Å². The zero-order valence-electron chi connectivity index (χ0n) is 12.8.